The van der Waals surface area contributed by atoms with Crippen LogP contribution < -0.4 is 0 Å². The molecule has 5 rings (SSSR count). The first-order valence-corrected chi connectivity index (χ1v) is 9.04. The second kappa shape index (κ2) is 5.67. The number of ether oxygens (including phenoxy) is 1. The molecule has 0 radical (unpaired) electrons. The Morgan fingerprint density at radius 2 is 2.21 bits per heavy atom. The van der Waals surface area contributed by atoms with Crippen LogP contribution in [0, 0.1) is 5.92 Å². The molecular formula is C17H24N6O. The van der Waals surface area contributed by atoms with Crippen LogP contribution in [0.5, 0.6) is 0 Å². The fourth-order valence-corrected chi connectivity index (χ4v) is 4.26. The Morgan fingerprint density at radius 3 is 3.08 bits per heavy atom. The molecule has 2 aromatic heterocycles. The van der Waals surface area contributed by atoms with Gasteiger partial charge >= 0.3 is 0 Å². The molecule has 128 valence electrons. The first-order chi connectivity index (χ1) is 11.8. The summed E-state index contributed by atoms with van der Waals surface area (Å²) in [5.41, 5.74) is 3.84. The SMILES string of the molecule is CC1CC(n2nnc3c2CN(Cc2cnc4n2CCOC4)CC3)C1. The molecule has 0 saturated heterocycles. The van der Waals surface area contributed by atoms with E-state index in [2.05, 4.69) is 36.4 Å². The Balaban J connectivity index is 1.33. The molecular weight excluding hydrogens is 304 g/mol. The van der Waals surface area contributed by atoms with Gasteiger partial charge in [-0.05, 0) is 18.8 Å². The van der Waals surface area contributed by atoms with Gasteiger partial charge in [0.2, 0.25) is 0 Å². The molecule has 1 saturated carbocycles. The molecule has 0 bridgehead atoms. The fraction of sp³-hybridized carbons (Fsp3) is 0.706. The van der Waals surface area contributed by atoms with Crippen molar-refractivity contribution in [2.75, 3.05) is 13.2 Å². The molecule has 0 aromatic carbocycles. The Bertz CT molecular complexity index is 744. The van der Waals surface area contributed by atoms with Crippen LogP contribution in [0.15, 0.2) is 6.20 Å². The summed E-state index contributed by atoms with van der Waals surface area (Å²) in [6.45, 7) is 7.60. The first-order valence-electron chi connectivity index (χ1n) is 9.04. The maximum absolute atomic E-state index is 5.49. The monoisotopic (exact) mass is 328 g/mol. The molecule has 0 spiro atoms. The maximum Gasteiger partial charge on any atom is 0.135 e. The summed E-state index contributed by atoms with van der Waals surface area (Å²) in [5.74, 6) is 1.89. The van der Waals surface area contributed by atoms with Crippen LogP contribution in [-0.4, -0.2) is 42.6 Å². The zero-order chi connectivity index (χ0) is 16.1. The molecule has 1 aliphatic carbocycles. The predicted molar refractivity (Wildman–Crippen MR) is 87.2 cm³/mol. The Hall–Kier alpha value is -1.73. The van der Waals surface area contributed by atoms with Gasteiger partial charge in [-0.3, -0.25) is 4.90 Å². The van der Waals surface area contributed by atoms with Gasteiger partial charge < -0.3 is 9.30 Å². The van der Waals surface area contributed by atoms with Crippen molar-refractivity contribution in [2.45, 2.75) is 58.5 Å². The van der Waals surface area contributed by atoms with E-state index in [4.69, 9.17) is 4.74 Å². The summed E-state index contributed by atoms with van der Waals surface area (Å²) in [5, 5.41) is 8.90. The van der Waals surface area contributed by atoms with Crippen LogP contribution in [0.4, 0.5) is 0 Å². The minimum absolute atomic E-state index is 0.566. The van der Waals surface area contributed by atoms with Gasteiger partial charge in [0.15, 0.2) is 0 Å². The van der Waals surface area contributed by atoms with Gasteiger partial charge in [-0.2, -0.15) is 0 Å². The van der Waals surface area contributed by atoms with E-state index in [1.54, 1.807) is 0 Å². The minimum atomic E-state index is 0.566. The summed E-state index contributed by atoms with van der Waals surface area (Å²) in [6, 6.07) is 0.566. The lowest BCUT2D eigenvalue weighted by Crippen LogP contribution is -2.34. The molecule has 24 heavy (non-hydrogen) atoms. The highest BCUT2D eigenvalue weighted by molar-refractivity contribution is 5.16. The molecule has 7 nitrogen and oxygen atoms in total. The van der Waals surface area contributed by atoms with E-state index in [9.17, 15) is 0 Å². The number of fused-ring (bicyclic) bond motifs is 2. The second-order valence-corrected chi connectivity index (χ2v) is 7.49. The fourth-order valence-electron chi connectivity index (χ4n) is 4.26. The van der Waals surface area contributed by atoms with Crippen LogP contribution in [0.3, 0.4) is 0 Å². The number of rotatable bonds is 3. The number of aromatic nitrogens is 5. The van der Waals surface area contributed by atoms with E-state index in [-0.39, 0.29) is 0 Å². The standard InChI is InChI=1S/C17H24N6O/c1-12-6-13(7-12)23-16-10-21(3-2-15(16)19-20-23)9-14-8-18-17-11-24-5-4-22(14)17/h8,12-13H,2-7,9-11H2,1H3. The molecule has 0 amide bonds. The number of imidazole rings is 1. The lowest BCUT2D eigenvalue weighted by Gasteiger charge is -2.35. The smallest absolute Gasteiger partial charge is 0.135 e. The predicted octanol–water partition coefficient (Wildman–Crippen LogP) is 1.53. The summed E-state index contributed by atoms with van der Waals surface area (Å²) in [4.78, 5) is 7.02. The molecule has 7 heteroatoms. The van der Waals surface area contributed by atoms with Gasteiger partial charge in [-0.1, -0.05) is 12.1 Å². The summed E-state index contributed by atoms with van der Waals surface area (Å²) in [6.07, 6.45) is 5.50. The van der Waals surface area contributed by atoms with Crippen molar-refractivity contribution >= 4 is 0 Å². The topological polar surface area (TPSA) is 61.0 Å². The van der Waals surface area contributed by atoms with E-state index >= 15 is 0 Å². The van der Waals surface area contributed by atoms with E-state index < -0.39 is 0 Å². The summed E-state index contributed by atoms with van der Waals surface area (Å²) in [7, 11) is 0. The largest absolute Gasteiger partial charge is 0.372 e. The molecule has 2 aliphatic heterocycles. The van der Waals surface area contributed by atoms with E-state index in [0.717, 1.165) is 50.9 Å². The summed E-state index contributed by atoms with van der Waals surface area (Å²) >= 11 is 0. The number of nitrogens with zero attached hydrogens (tertiary/aromatic N) is 6. The number of hydrogen-bond donors (Lipinski definition) is 0. The molecule has 3 aliphatic rings. The molecule has 1 fully saturated rings. The highest BCUT2D eigenvalue weighted by atomic mass is 16.5. The Morgan fingerprint density at radius 1 is 1.29 bits per heavy atom. The van der Waals surface area contributed by atoms with Crippen molar-refractivity contribution in [3.8, 4) is 0 Å². The van der Waals surface area contributed by atoms with Gasteiger partial charge in [0.1, 0.15) is 12.4 Å². The Kier molecular flexibility index (Phi) is 3.45. The quantitative estimate of drug-likeness (QED) is 0.855. The van der Waals surface area contributed by atoms with Gasteiger partial charge in [0.05, 0.1) is 29.7 Å². The van der Waals surface area contributed by atoms with Crippen molar-refractivity contribution in [1.29, 1.82) is 0 Å². The average Bonchev–Trinajstić information content (AvgIpc) is 3.16. The molecule has 0 unspecified atom stereocenters. The first kappa shape index (κ1) is 14.6. The lowest BCUT2D eigenvalue weighted by atomic mass is 9.82. The van der Waals surface area contributed by atoms with Crippen molar-refractivity contribution < 1.29 is 4.74 Å². The van der Waals surface area contributed by atoms with Gasteiger partial charge in [0, 0.05) is 38.8 Å². The van der Waals surface area contributed by atoms with Gasteiger partial charge in [-0.25, -0.2) is 9.67 Å². The molecule has 4 heterocycles. The van der Waals surface area contributed by atoms with E-state index in [0.29, 0.717) is 12.6 Å². The zero-order valence-electron chi connectivity index (χ0n) is 14.2. The third kappa shape index (κ3) is 2.38. The van der Waals surface area contributed by atoms with Crippen LogP contribution in [0.25, 0.3) is 0 Å². The van der Waals surface area contributed by atoms with Crippen LogP contribution in [-0.2, 0) is 37.4 Å². The number of hydrogen-bond acceptors (Lipinski definition) is 5. The third-order valence-electron chi connectivity index (χ3n) is 5.70. The van der Waals surface area contributed by atoms with Crippen molar-refractivity contribution in [3.05, 3.63) is 29.1 Å². The normalized spacial score (nSPS) is 26.7. The van der Waals surface area contributed by atoms with Crippen LogP contribution >= 0.6 is 0 Å². The van der Waals surface area contributed by atoms with Crippen LogP contribution in [0.2, 0.25) is 0 Å². The minimum Gasteiger partial charge on any atom is -0.372 e. The van der Waals surface area contributed by atoms with Crippen LogP contribution in [0.1, 0.15) is 48.7 Å². The Labute approximate surface area is 141 Å². The van der Waals surface area contributed by atoms with Gasteiger partial charge in [-0.15, -0.1) is 5.10 Å². The molecule has 0 N–H and O–H groups in total. The summed E-state index contributed by atoms with van der Waals surface area (Å²) < 4.78 is 10.0. The average molecular weight is 328 g/mol. The third-order valence-corrected chi connectivity index (χ3v) is 5.70. The van der Waals surface area contributed by atoms with Crippen molar-refractivity contribution in [2.24, 2.45) is 5.92 Å². The van der Waals surface area contributed by atoms with E-state index in [1.807, 2.05) is 6.20 Å². The highest BCUT2D eigenvalue weighted by Gasteiger charge is 2.32. The molecule has 2 aromatic rings. The van der Waals surface area contributed by atoms with Crippen molar-refractivity contribution in [1.82, 2.24) is 29.4 Å². The van der Waals surface area contributed by atoms with Gasteiger partial charge in [0.25, 0.3) is 0 Å². The van der Waals surface area contributed by atoms with E-state index in [1.165, 1.54) is 29.9 Å². The zero-order valence-corrected chi connectivity index (χ0v) is 14.2. The highest BCUT2D eigenvalue weighted by Crippen LogP contribution is 2.38. The second-order valence-electron chi connectivity index (χ2n) is 7.49. The molecule has 0 atom stereocenters. The lowest BCUT2D eigenvalue weighted by molar-refractivity contribution is 0.0793. The van der Waals surface area contributed by atoms with Crippen molar-refractivity contribution in [3.63, 3.8) is 0 Å². The maximum atomic E-state index is 5.49.